The van der Waals surface area contributed by atoms with Crippen molar-refractivity contribution in [2.24, 2.45) is 0 Å². The maximum absolute atomic E-state index is 11.6. The van der Waals surface area contributed by atoms with E-state index in [4.69, 9.17) is 5.11 Å². The van der Waals surface area contributed by atoms with Crippen LogP contribution in [0.25, 0.3) is 0 Å². The Morgan fingerprint density at radius 2 is 2.29 bits per heavy atom. The molecule has 3 N–H and O–H groups in total. The molecule has 82 valence electrons. The predicted molar refractivity (Wildman–Crippen MR) is 54.9 cm³/mol. The average molecular weight is 200 g/mol. The molecule has 0 radical (unpaired) electrons. The van der Waals surface area contributed by atoms with Crippen molar-refractivity contribution in [3.05, 3.63) is 0 Å². The fourth-order valence-corrected chi connectivity index (χ4v) is 1.59. The minimum absolute atomic E-state index is 0.0385. The lowest BCUT2D eigenvalue weighted by Crippen LogP contribution is -2.53. The van der Waals surface area contributed by atoms with Crippen LogP contribution in [-0.2, 0) is 4.79 Å². The molecule has 1 aliphatic heterocycles. The zero-order valence-corrected chi connectivity index (χ0v) is 8.97. The number of carbonyl (C=O) groups is 1. The molecule has 0 aromatic carbocycles. The standard InChI is InChI=1S/C10H20N2O2/c1-10(2,7-13)12-8-5-3-4-6-11-9(8)14/h8,12-13H,3-7H2,1-2H3,(H,11,14). The van der Waals surface area contributed by atoms with Gasteiger partial charge in [0, 0.05) is 12.1 Å². The number of aliphatic hydroxyl groups excluding tert-OH is 1. The molecule has 1 fully saturated rings. The van der Waals surface area contributed by atoms with Crippen LogP contribution in [0, 0.1) is 0 Å². The monoisotopic (exact) mass is 200 g/mol. The second-order valence-corrected chi connectivity index (χ2v) is 4.53. The van der Waals surface area contributed by atoms with E-state index >= 15 is 0 Å². The molecule has 4 nitrogen and oxygen atoms in total. The van der Waals surface area contributed by atoms with Gasteiger partial charge in [-0.1, -0.05) is 0 Å². The van der Waals surface area contributed by atoms with Crippen LogP contribution in [0.4, 0.5) is 0 Å². The maximum Gasteiger partial charge on any atom is 0.237 e. The second kappa shape index (κ2) is 4.75. The van der Waals surface area contributed by atoms with Crippen molar-refractivity contribution in [1.82, 2.24) is 10.6 Å². The van der Waals surface area contributed by atoms with Gasteiger partial charge in [-0.25, -0.2) is 0 Å². The number of carbonyl (C=O) groups excluding carboxylic acids is 1. The van der Waals surface area contributed by atoms with Crippen LogP contribution >= 0.6 is 0 Å². The number of rotatable bonds is 3. The summed E-state index contributed by atoms with van der Waals surface area (Å²) in [6.45, 7) is 4.60. The number of amides is 1. The molecule has 0 aliphatic carbocycles. The fraction of sp³-hybridized carbons (Fsp3) is 0.900. The zero-order chi connectivity index (χ0) is 10.6. The highest BCUT2D eigenvalue weighted by Gasteiger charge is 2.26. The van der Waals surface area contributed by atoms with Gasteiger partial charge in [-0.3, -0.25) is 10.1 Å². The van der Waals surface area contributed by atoms with E-state index in [1.165, 1.54) is 0 Å². The Labute approximate surface area is 85.1 Å². The fourth-order valence-electron chi connectivity index (χ4n) is 1.59. The molecule has 0 bridgehead atoms. The summed E-state index contributed by atoms with van der Waals surface area (Å²) in [6.07, 6.45) is 2.96. The molecule has 0 aromatic rings. The maximum atomic E-state index is 11.6. The Morgan fingerprint density at radius 1 is 1.57 bits per heavy atom. The lowest BCUT2D eigenvalue weighted by molar-refractivity contribution is -0.123. The largest absolute Gasteiger partial charge is 0.394 e. The Bertz CT molecular complexity index is 204. The lowest BCUT2D eigenvalue weighted by Gasteiger charge is -2.28. The smallest absolute Gasteiger partial charge is 0.237 e. The van der Waals surface area contributed by atoms with Crippen molar-refractivity contribution in [3.63, 3.8) is 0 Å². The Morgan fingerprint density at radius 3 is 2.93 bits per heavy atom. The Kier molecular flexibility index (Phi) is 3.89. The minimum atomic E-state index is -0.383. The van der Waals surface area contributed by atoms with E-state index in [0.29, 0.717) is 0 Å². The number of hydrogen-bond donors (Lipinski definition) is 3. The van der Waals surface area contributed by atoms with Crippen LogP contribution in [0.2, 0.25) is 0 Å². The van der Waals surface area contributed by atoms with Crippen LogP contribution in [0.1, 0.15) is 33.1 Å². The molecule has 1 aliphatic rings. The van der Waals surface area contributed by atoms with Gasteiger partial charge in [-0.15, -0.1) is 0 Å². The van der Waals surface area contributed by atoms with Gasteiger partial charge in [0.15, 0.2) is 0 Å². The molecule has 1 rings (SSSR count). The van der Waals surface area contributed by atoms with E-state index in [1.54, 1.807) is 0 Å². The highest BCUT2D eigenvalue weighted by atomic mass is 16.3. The normalized spacial score (nSPS) is 24.2. The van der Waals surface area contributed by atoms with Crippen molar-refractivity contribution >= 4 is 5.91 Å². The first-order valence-corrected chi connectivity index (χ1v) is 5.21. The van der Waals surface area contributed by atoms with Crippen molar-refractivity contribution in [1.29, 1.82) is 0 Å². The first-order valence-electron chi connectivity index (χ1n) is 5.21. The van der Waals surface area contributed by atoms with E-state index < -0.39 is 0 Å². The van der Waals surface area contributed by atoms with E-state index in [2.05, 4.69) is 10.6 Å². The van der Waals surface area contributed by atoms with Gasteiger partial charge < -0.3 is 10.4 Å². The summed E-state index contributed by atoms with van der Waals surface area (Å²) in [5, 5.41) is 15.1. The third-order valence-electron chi connectivity index (χ3n) is 2.50. The summed E-state index contributed by atoms with van der Waals surface area (Å²) < 4.78 is 0. The highest BCUT2D eigenvalue weighted by molar-refractivity contribution is 5.82. The van der Waals surface area contributed by atoms with Gasteiger partial charge in [-0.2, -0.15) is 0 Å². The number of hydrogen-bond acceptors (Lipinski definition) is 3. The Hall–Kier alpha value is -0.610. The molecule has 14 heavy (non-hydrogen) atoms. The Balaban J connectivity index is 2.52. The molecule has 0 aromatic heterocycles. The summed E-state index contributed by atoms with van der Waals surface area (Å²) in [6, 6.07) is -0.153. The molecule has 1 saturated heterocycles. The topological polar surface area (TPSA) is 61.4 Å². The van der Waals surface area contributed by atoms with Crippen molar-refractivity contribution in [2.75, 3.05) is 13.2 Å². The molecule has 1 heterocycles. The average Bonchev–Trinajstić information content (AvgIpc) is 2.32. The quantitative estimate of drug-likeness (QED) is 0.601. The van der Waals surface area contributed by atoms with Crippen LogP contribution < -0.4 is 10.6 Å². The van der Waals surface area contributed by atoms with Crippen LogP contribution in [0.3, 0.4) is 0 Å². The van der Waals surface area contributed by atoms with Gasteiger partial charge >= 0.3 is 0 Å². The van der Waals surface area contributed by atoms with Gasteiger partial charge in [-0.05, 0) is 33.1 Å². The predicted octanol–water partition coefficient (Wildman–Crippen LogP) is 0.0156. The number of nitrogens with one attached hydrogen (secondary N) is 2. The van der Waals surface area contributed by atoms with Crippen LogP contribution in [0.15, 0.2) is 0 Å². The molecular formula is C10H20N2O2. The SMILES string of the molecule is CC(C)(CO)NC1CCCCNC1=O. The van der Waals surface area contributed by atoms with E-state index in [-0.39, 0.29) is 24.1 Å². The number of aliphatic hydroxyl groups is 1. The molecule has 0 spiro atoms. The molecular weight excluding hydrogens is 180 g/mol. The van der Waals surface area contributed by atoms with Crippen molar-refractivity contribution < 1.29 is 9.90 Å². The molecule has 1 amide bonds. The van der Waals surface area contributed by atoms with Gasteiger partial charge in [0.2, 0.25) is 5.91 Å². The lowest BCUT2D eigenvalue weighted by atomic mass is 10.0. The van der Waals surface area contributed by atoms with Crippen molar-refractivity contribution in [3.8, 4) is 0 Å². The van der Waals surface area contributed by atoms with Crippen LogP contribution in [0.5, 0.6) is 0 Å². The summed E-state index contributed by atoms with van der Waals surface area (Å²) in [4.78, 5) is 11.6. The van der Waals surface area contributed by atoms with Gasteiger partial charge in [0.25, 0.3) is 0 Å². The summed E-state index contributed by atoms with van der Waals surface area (Å²) in [5.41, 5.74) is -0.383. The summed E-state index contributed by atoms with van der Waals surface area (Å²) in [5.74, 6) is 0.0593. The third-order valence-corrected chi connectivity index (χ3v) is 2.50. The summed E-state index contributed by atoms with van der Waals surface area (Å²) in [7, 11) is 0. The third kappa shape index (κ3) is 3.27. The van der Waals surface area contributed by atoms with Crippen LogP contribution in [-0.4, -0.2) is 35.7 Å². The van der Waals surface area contributed by atoms with Gasteiger partial charge in [0.1, 0.15) is 0 Å². The molecule has 1 atom stereocenters. The minimum Gasteiger partial charge on any atom is -0.394 e. The van der Waals surface area contributed by atoms with Gasteiger partial charge in [0.05, 0.1) is 12.6 Å². The van der Waals surface area contributed by atoms with Crippen molar-refractivity contribution in [2.45, 2.75) is 44.7 Å². The summed E-state index contributed by atoms with van der Waals surface area (Å²) >= 11 is 0. The van der Waals surface area contributed by atoms with E-state index in [9.17, 15) is 4.79 Å². The zero-order valence-electron chi connectivity index (χ0n) is 8.97. The first kappa shape index (κ1) is 11.5. The molecule has 1 unspecified atom stereocenters. The van der Waals surface area contributed by atoms with E-state index in [1.807, 2.05) is 13.8 Å². The highest BCUT2D eigenvalue weighted by Crippen LogP contribution is 2.10. The first-order chi connectivity index (χ1) is 6.55. The molecule has 0 saturated carbocycles. The molecule has 4 heteroatoms. The van der Waals surface area contributed by atoms with E-state index in [0.717, 1.165) is 25.8 Å². The second-order valence-electron chi connectivity index (χ2n) is 4.53.